The van der Waals surface area contributed by atoms with Crippen LogP contribution in [0.1, 0.15) is 18.5 Å². The predicted molar refractivity (Wildman–Crippen MR) is 105 cm³/mol. The van der Waals surface area contributed by atoms with Crippen LogP contribution in [0.25, 0.3) is 11.3 Å². The van der Waals surface area contributed by atoms with Gasteiger partial charge in [0.1, 0.15) is 17.7 Å². The predicted octanol–water partition coefficient (Wildman–Crippen LogP) is 3.84. The van der Waals surface area contributed by atoms with Gasteiger partial charge in [-0.25, -0.2) is 0 Å². The number of nitrogens with zero attached hydrogens (tertiary/aromatic N) is 2. The lowest BCUT2D eigenvalue weighted by Crippen LogP contribution is -2.31. The average Bonchev–Trinajstić information content (AvgIpc) is 3.35. The number of rotatable bonds is 5. The highest BCUT2D eigenvalue weighted by atomic mass is 16.5. The molecule has 0 spiro atoms. The number of hydrogen-bond donors (Lipinski definition) is 1. The summed E-state index contributed by atoms with van der Waals surface area (Å²) < 4.78 is 10.3. The molecule has 0 saturated heterocycles. The maximum absolute atomic E-state index is 12.9. The van der Waals surface area contributed by atoms with E-state index in [4.69, 9.17) is 9.26 Å². The van der Waals surface area contributed by atoms with Crippen molar-refractivity contribution in [2.75, 3.05) is 12.0 Å². The van der Waals surface area contributed by atoms with Crippen LogP contribution in [0.4, 0.5) is 5.69 Å². The zero-order valence-corrected chi connectivity index (χ0v) is 15.8. The lowest BCUT2D eigenvalue weighted by Gasteiger charge is -2.27. The Hall–Kier alpha value is -3.87. The third kappa shape index (κ3) is 3.06. The number of aromatic nitrogens is 1. The van der Waals surface area contributed by atoms with E-state index in [1.54, 1.807) is 54.6 Å². The zero-order chi connectivity index (χ0) is 20.5. The first-order chi connectivity index (χ1) is 14.0. The van der Waals surface area contributed by atoms with E-state index in [0.29, 0.717) is 22.7 Å². The van der Waals surface area contributed by atoms with Crippen molar-refractivity contribution in [2.45, 2.75) is 13.0 Å². The number of Topliss-reactive ketones (excluding diaryl/α,β-unsaturated/α-hetero) is 1. The van der Waals surface area contributed by atoms with Gasteiger partial charge in [-0.3, -0.25) is 14.5 Å². The summed E-state index contributed by atoms with van der Waals surface area (Å²) in [5, 5.41) is 14.4. The molecule has 2 aromatic carbocycles. The summed E-state index contributed by atoms with van der Waals surface area (Å²) in [6, 6.07) is 15.1. The molecule has 1 N–H and O–H groups in total. The fourth-order valence-corrected chi connectivity index (χ4v) is 3.57. The summed E-state index contributed by atoms with van der Waals surface area (Å²) in [7, 11) is 1.52. The van der Waals surface area contributed by atoms with Crippen LogP contribution in [0.2, 0.25) is 0 Å². The number of aliphatic hydroxyl groups excluding tert-OH is 1. The number of carbonyl (C=O) groups is 2. The second-order valence-electron chi connectivity index (χ2n) is 6.57. The van der Waals surface area contributed by atoms with E-state index >= 15 is 0 Å². The van der Waals surface area contributed by atoms with Crippen LogP contribution in [-0.2, 0) is 9.59 Å². The van der Waals surface area contributed by atoms with Crippen molar-refractivity contribution < 1.29 is 24.0 Å². The topological polar surface area (TPSA) is 92.9 Å². The van der Waals surface area contributed by atoms with E-state index in [9.17, 15) is 14.7 Å². The molecule has 0 aliphatic carbocycles. The minimum Gasteiger partial charge on any atom is -0.503 e. The number of ketones is 1. The molecule has 4 rings (SSSR count). The third-order valence-corrected chi connectivity index (χ3v) is 4.90. The van der Waals surface area contributed by atoms with Crippen LogP contribution in [0.5, 0.6) is 5.75 Å². The van der Waals surface area contributed by atoms with E-state index in [0.717, 1.165) is 5.56 Å². The fourth-order valence-electron chi connectivity index (χ4n) is 3.57. The van der Waals surface area contributed by atoms with Crippen LogP contribution in [-0.4, -0.2) is 29.1 Å². The third-order valence-electron chi connectivity index (χ3n) is 4.90. The first-order valence-corrected chi connectivity index (χ1v) is 8.94. The van der Waals surface area contributed by atoms with Crippen LogP contribution < -0.4 is 9.64 Å². The maximum Gasteiger partial charge on any atom is 0.294 e. The molecule has 2 heterocycles. The average molecular weight is 390 g/mol. The van der Waals surface area contributed by atoms with Gasteiger partial charge in [-0.1, -0.05) is 35.5 Å². The molecule has 1 atom stereocenters. The molecule has 3 aromatic rings. The lowest BCUT2D eigenvalue weighted by atomic mass is 9.95. The van der Waals surface area contributed by atoms with E-state index in [1.165, 1.54) is 25.2 Å². The van der Waals surface area contributed by atoms with E-state index in [2.05, 4.69) is 5.16 Å². The molecule has 29 heavy (non-hydrogen) atoms. The second kappa shape index (κ2) is 7.27. The molecule has 0 radical (unpaired) electrons. The van der Waals surface area contributed by atoms with Crippen LogP contribution in [0.3, 0.4) is 0 Å². The molecule has 1 unspecified atom stereocenters. The molecule has 7 heteroatoms. The first-order valence-electron chi connectivity index (χ1n) is 8.94. The van der Waals surface area contributed by atoms with Crippen molar-refractivity contribution in [3.8, 4) is 17.0 Å². The summed E-state index contributed by atoms with van der Waals surface area (Å²) in [5.41, 5.74) is 2.65. The number of methoxy groups -OCH3 is 1. The Kier molecular flexibility index (Phi) is 4.64. The Morgan fingerprint density at radius 1 is 1.14 bits per heavy atom. The van der Waals surface area contributed by atoms with Gasteiger partial charge in [0.25, 0.3) is 5.91 Å². The highest BCUT2D eigenvalue weighted by Gasteiger charge is 2.44. The van der Waals surface area contributed by atoms with E-state index < -0.39 is 17.7 Å². The van der Waals surface area contributed by atoms with Gasteiger partial charge in [0.2, 0.25) is 0 Å². The first kappa shape index (κ1) is 18.5. The Balaban J connectivity index is 1.83. The molecule has 1 amide bonds. The number of aliphatic hydroxyl groups is 1. The molecule has 7 nitrogen and oxygen atoms in total. The van der Waals surface area contributed by atoms with Crippen molar-refractivity contribution in [2.24, 2.45) is 0 Å². The van der Waals surface area contributed by atoms with Gasteiger partial charge in [-0.2, -0.15) is 0 Å². The molecule has 1 aliphatic rings. The Bertz CT molecular complexity index is 1100. The van der Waals surface area contributed by atoms with Crippen LogP contribution in [0, 0.1) is 0 Å². The summed E-state index contributed by atoms with van der Waals surface area (Å²) in [4.78, 5) is 26.6. The summed E-state index contributed by atoms with van der Waals surface area (Å²) in [5.74, 6) is -1.05. The van der Waals surface area contributed by atoms with E-state index in [1.807, 2.05) is 0 Å². The largest absolute Gasteiger partial charge is 0.503 e. The number of anilines is 1. The molecule has 0 saturated carbocycles. The Morgan fingerprint density at radius 3 is 2.48 bits per heavy atom. The molecule has 1 aromatic heterocycles. The van der Waals surface area contributed by atoms with Crippen molar-refractivity contribution >= 4 is 17.4 Å². The standard InChI is InChI=1S/C22H18N2O5/c1-13(25)19-20(16-5-3-4-6-18(16)28-2)24(22(27)21(19)26)15-9-7-14(8-10-15)17-11-12-29-23-17/h3-12,20,26H,1-2H3. The SMILES string of the molecule is COc1ccccc1C1C(C(C)=O)=C(O)C(=O)N1c1ccc(-c2ccon2)cc1. The van der Waals surface area contributed by atoms with Gasteiger partial charge >= 0.3 is 0 Å². The number of carbonyl (C=O) groups excluding carboxylic acids is 2. The van der Waals surface area contributed by atoms with E-state index in [-0.39, 0.29) is 11.4 Å². The van der Waals surface area contributed by atoms with Crippen molar-refractivity contribution in [3.63, 3.8) is 0 Å². The molecule has 146 valence electrons. The van der Waals surface area contributed by atoms with Gasteiger partial charge in [0, 0.05) is 22.9 Å². The fraction of sp³-hybridized carbons (Fsp3) is 0.136. The highest BCUT2D eigenvalue weighted by Crippen LogP contribution is 2.43. The smallest absolute Gasteiger partial charge is 0.294 e. The van der Waals surface area contributed by atoms with Crippen molar-refractivity contribution in [1.29, 1.82) is 0 Å². The van der Waals surface area contributed by atoms with Gasteiger partial charge in [-0.05, 0) is 25.1 Å². The highest BCUT2D eigenvalue weighted by molar-refractivity contribution is 6.16. The normalized spacial score (nSPS) is 16.4. The monoisotopic (exact) mass is 390 g/mol. The van der Waals surface area contributed by atoms with Crippen molar-refractivity contribution in [3.05, 3.63) is 77.8 Å². The van der Waals surface area contributed by atoms with Gasteiger partial charge in [0.15, 0.2) is 11.5 Å². The summed E-state index contributed by atoms with van der Waals surface area (Å²) >= 11 is 0. The number of para-hydroxylation sites is 1. The molecule has 1 aliphatic heterocycles. The van der Waals surface area contributed by atoms with Crippen LogP contribution in [0.15, 0.2) is 76.7 Å². The quantitative estimate of drug-likeness (QED) is 0.712. The summed E-state index contributed by atoms with van der Waals surface area (Å²) in [6.07, 6.45) is 1.48. The lowest BCUT2D eigenvalue weighted by molar-refractivity contribution is -0.117. The number of amides is 1. The zero-order valence-electron chi connectivity index (χ0n) is 15.8. The molecular weight excluding hydrogens is 372 g/mol. The molecule has 0 fully saturated rings. The second-order valence-corrected chi connectivity index (χ2v) is 6.57. The molecule has 0 bridgehead atoms. The number of ether oxygens (including phenoxy) is 1. The number of benzene rings is 2. The Labute approximate surface area is 166 Å². The van der Waals surface area contributed by atoms with Gasteiger partial charge < -0.3 is 14.4 Å². The minimum absolute atomic E-state index is 0.0417. The Morgan fingerprint density at radius 2 is 1.86 bits per heavy atom. The van der Waals surface area contributed by atoms with Crippen molar-refractivity contribution in [1.82, 2.24) is 5.16 Å². The maximum atomic E-state index is 12.9. The molecular formula is C22H18N2O5. The van der Waals surface area contributed by atoms with Crippen LogP contribution >= 0.6 is 0 Å². The number of hydrogen-bond acceptors (Lipinski definition) is 6. The summed E-state index contributed by atoms with van der Waals surface area (Å²) in [6.45, 7) is 1.33. The van der Waals surface area contributed by atoms with Gasteiger partial charge in [0.05, 0.1) is 18.7 Å². The van der Waals surface area contributed by atoms with Gasteiger partial charge in [-0.15, -0.1) is 0 Å². The minimum atomic E-state index is -0.797.